The number of fused-ring (bicyclic) bond motifs is 3. The summed E-state index contributed by atoms with van der Waals surface area (Å²) in [5.41, 5.74) is 6.29. The third-order valence-corrected chi connectivity index (χ3v) is 4.41. The van der Waals surface area contributed by atoms with E-state index in [0.717, 1.165) is 30.1 Å². The highest BCUT2D eigenvalue weighted by atomic mass is 15.1. The standard InChI is InChI=1S/C18H19N3/c1-12-16-17(14-8-4-3-5-9-14)15-10-6-7-11-21(15)18(16)20-13(2)19-12/h3-5,8-9H,6-7,10-11H2,1-2H3. The lowest BCUT2D eigenvalue weighted by Gasteiger charge is -2.16. The topological polar surface area (TPSA) is 30.7 Å². The predicted octanol–water partition coefficient (Wildman–Crippen LogP) is 4.05. The van der Waals surface area contributed by atoms with Gasteiger partial charge >= 0.3 is 0 Å². The third kappa shape index (κ3) is 1.88. The van der Waals surface area contributed by atoms with Crippen LogP contribution < -0.4 is 0 Å². The summed E-state index contributed by atoms with van der Waals surface area (Å²) in [5.74, 6) is 0.866. The molecule has 0 atom stereocenters. The molecule has 2 aromatic heterocycles. The largest absolute Gasteiger partial charge is 0.329 e. The molecule has 3 aromatic rings. The van der Waals surface area contributed by atoms with E-state index in [1.54, 1.807) is 0 Å². The Morgan fingerprint density at radius 2 is 1.81 bits per heavy atom. The Bertz CT molecular complexity index is 816. The molecule has 0 saturated heterocycles. The lowest BCUT2D eigenvalue weighted by Crippen LogP contribution is -2.10. The molecule has 0 radical (unpaired) electrons. The highest BCUT2D eigenvalue weighted by molar-refractivity contribution is 5.98. The van der Waals surface area contributed by atoms with Gasteiger partial charge in [0.15, 0.2) is 0 Å². The van der Waals surface area contributed by atoms with Gasteiger partial charge < -0.3 is 4.57 Å². The van der Waals surface area contributed by atoms with Crippen LogP contribution >= 0.6 is 0 Å². The van der Waals surface area contributed by atoms with Gasteiger partial charge in [-0.2, -0.15) is 0 Å². The maximum Gasteiger partial charge on any atom is 0.144 e. The molecule has 0 saturated carbocycles. The van der Waals surface area contributed by atoms with E-state index in [1.165, 1.54) is 35.0 Å². The van der Waals surface area contributed by atoms with Crippen LogP contribution in [0.1, 0.15) is 30.1 Å². The fourth-order valence-corrected chi connectivity index (χ4v) is 3.57. The van der Waals surface area contributed by atoms with Crippen molar-refractivity contribution >= 4 is 11.0 Å². The number of hydrogen-bond acceptors (Lipinski definition) is 2. The summed E-state index contributed by atoms with van der Waals surface area (Å²) in [4.78, 5) is 9.35. The molecule has 3 heteroatoms. The first-order chi connectivity index (χ1) is 10.3. The zero-order valence-corrected chi connectivity index (χ0v) is 12.6. The fraction of sp³-hybridized carbons (Fsp3) is 0.333. The Kier molecular flexibility index (Phi) is 2.81. The van der Waals surface area contributed by atoms with Crippen molar-refractivity contribution in [3.63, 3.8) is 0 Å². The van der Waals surface area contributed by atoms with E-state index in [1.807, 2.05) is 6.92 Å². The number of benzene rings is 1. The predicted molar refractivity (Wildman–Crippen MR) is 85.4 cm³/mol. The normalized spacial score (nSPS) is 14.4. The number of aromatic nitrogens is 3. The summed E-state index contributed by atoms with van der Waals surface area (Å²) < 4.78 is 2.42. The van der Waals surface area contributed by atoms with Crippen LogP contribution in [-0.4, -0.2) is 14.5 Å². The van der Waals surface area contributed by atoms with E-state index in [-0.39, 0.29) is 0 Å². The number of rotatable bonds is 1. The minimum Gasteiger partial charge on any atom is -0.329 e. The number of nitrogens with zero attached hydrogens (tertiary/aromatic N) is 3. The Balaban J connectivity index is 2.14. The van der Waals surface area contributed by atoms with Crippen LogP contribution in [0.5, 0.6) is 0 Å². The molecule has 0 spiro atoms. The second kappa shape index (κ2) is 4.69. The summed E-state index contributed by atoms with van der Waals surface area (Å²) in [7, 11) is 0. The van der Waals surface area contributed by atoms with Crippen LogP contribution in [0.3, 0.4) is 0 Å². The molecular weight excluding hydrogens is 258 g/mol. The number of hydrogen-bond donors (Lipinski definition) is 0. The van der Waals surface area contributed by atoms with Crippen LogP contribution in [0, 0.1) is 13.8 Å². The molecule has 1 aliphatic heterocycles. The molecule has 3 heterocycles. The minimum absolute atomic E-state index is 0.866. The second-order valence-corrected chi connectivity index (χ2v) is 5.85. The first-order valence-corrected chi connectivity index (χ1v) is 7.67. The maximum absolute atomic E-state index is 4.75. The van der Waals surface area contributed by atoms with Gasteiger partial charge in [-0.3, -0.25) is 0 Å². The summed E-state index contributed by atoms with van der Waals surface area (Å²) in [6, 6.07) is 10.7. The Hall–Kier alpha value is -2.16. The second-order valence-electron chi connectivity index (χ2n) is 5.85. The van der Waals surface area contributed by atoms with E-state index in [4.69, 9.17) is 4.98 Å². The van der Waals surface area contributed by atoms with Crippen molar-refractivity contribution in [2.24, 2.45) is 0 Å². The van der Waals surface area contributed by atoms with Crippen molar-refractivity contribution in [3.8, 4) is 11.1 Å². The van der Waals surface area contributed by atoms with Gasteiger partial charge in [-0.25, -0.2) is 9.97 Å². The molecule has 0 bridgehead atoms. The van der Waals surface area contributed by atoms with Crippen molar-refractivity contribution < 1.29 is 0 Å². The van der Waals surface area contributed by atoms with Crippen molar-refractivity contribution in [1.82, 2.24) is 14.5 Å². The van der Waals surface area contributed by atoms with Gasteiger partial charge in [0.05, 0.1) is 5.69 Å². The van der Waals surface area contributed by atoms with Crippen LogP contribution in [0.25, 0.3) is 22.2 Å². The molecule has 0 N–H and O–H groups in total. The summed E-state index contributed by atoms with van der Waals surface area (Å²) in [6.07, 6.45) is 3.65. The highest BCUT2D eigenvalue weighted by Crippen LogP contribution is 2.38. The van der Waals surface area contributed by atoms with Gasteiger partial charge in [0.2, 0.25) is 0 Å². The molecule has 4 rings (SSSR count). The van der Waals surface area contributed by atoms with E-state index in [9.17, 15) is 0 Å². The van der Waals surface area contributed by atoms with Crippen LogP contribution in [0.15, 0.2) is 30.3 Å². The molecule has 0 amide bonds. The summed E-state index contributed by atoms with van der Waals surface area (Å²) in [6.45, 7) is 5.17. The van der Waals surface area contributed by atoms with Crippen LogP contribution in [0.2, 0.25) is 0 Å². The molecule has 106 valence electrons. The van der Waals surface area contributed by atoms with Crippen LogP contribution in [-0.2, 0) is 13.0 Å². The average molecular weight is 277 g/mol. The first-order valence-electron chi connectivity index (χ1n) is 7.67. The molecule has 0 unspecified atom stereocenters. The molecule has 1 aliphatic rings. The van der Waals surface area contributed by atoms with Crippen molar-refractivity contribution in [3.05, 3.63) is 47.5 Å². The summed E-state index contributed by atoms with van der Waals surface area (Å²) in [5, 5.41) is 1.24. The minimum atomic E-state index is 0.866. The smallest absolute Gasteiger partial charge is 0.144 e. The lowest BCUT2D eigenvalue weighted by atomic mass is 9.98. The van der Waals surface area contributed by atoms with Gasteiger partial charge in [-0.1, -0.05) is 30.3 Å². The lowest BCUT2D eigenvalue weighted by molar-refractivity contribution is 0.543. The fourth-order valence-electron chi connectivity index (χ4n) is 3.57. The van der Waals surface area contributed by atoms with Gasteiger partial charge in [0, 0.05) is 23.2 Å². The SMILES string of the molecule is Cc1nc(C)c2c(-c3ccccc3)c3n(c2n1)CCCC3. The Labute approximate surface area is 124 Å². The van der Waals surface area contributed by atoms with E-state index >= 15 is 0 Å². The Morgan fingerprint density at radius 3 is 2.62 bits per heavy atom. The third-order valence-electron chi connectivity index (χ3n) is 4.41. The molecule has 21 heavy (non-hydrogen) atoms. The maximum atomic E-state index is 4.75. The average Bonchev–Trinajstić information content (AvgIpc) is 2.83. The van der Waals surface area contributed by atoms with Crippen LogP contribution in [0.4, 0.5) is 0 Å². The van der Waals surface area contributed by atoms with Crippen molar-refractivity contribution in [2.75, 3.05) is 0 Å². The molecule has 0 fully saturated rings. The molecular formula is C18H19N3. The zero-order valence-electron chi connectivity index (χ0n) is 12.6. The molecule has 3 nitrogen and oxygen atoms in total. The van der Waals surface area contributed by atoms with Gasteiger partial charge in [-0.15, -0.1) is 0 Å². The first kappa shape index (κ1) is 12.6. The quantitative estimate of drug-likeness (QED) is 0.671. The van der Waals surface area contributed by atoms with E-state index < -0.39 is 0 Å². The zero-order chi connectivity index (χ0) is 14.4. The molecule has 0 aliphatic carbocycles. The van der Waals surface area contributed by atoms with Gasteiger partial charge in [0.1, 0.15) is 11.5 Å². The van der Waals surface area contributed by atoms with Crippen molar-refractivity contribution in [2.45, 2.75) is 39.7 Å². The Morgan fingerprint density at radius 1 is 1.00 bits per heavy atom. The molecule has 1 aromatic carbocycles. The van der Waals surface area contributed by atoms with Crippen molar-refractivity contribution in [1.29, 1.82) is 0 Å². The van der Waals surface area contributed by atoms with Gasteiger partial charge in [0.25, 0.3) is 0 Å². The van der Waals surface area contributed by atoms with E-state index in [0.29, 0.717) is 0 Å². The number of aryl methyl sites for hydroxylation is 3. The van der Waals surface area contributed by atoms with E-state index in [2.05, 4.69) is 46.8 Å². The monoisotopic (exact) mass is 277 g/mol. The highest BCUT2D eigenvalue weighted by Gasteiger charge is 2.23. The van der Waals surface area contributed by atoms with Gasteiger partial charge in [-0.05, 0) is 38.7 Å². The summed E-state index contributed by atoms with van der Waals surface area (Å²) >= 11 is 0.